The van der Waals surface area contributed by atoms with E-state index < -0.39 is 0 Å². The highest BCUT2D eigenvalue weighted by Gasteiger charge is 2.04. The van der Waals surface area contributed by atoms with E-state index >= 15 is 0 Å². The van der Waals surface area contributed by atoms with Gasteiger partial charge in [-0.2, -0.15) is 11.8 Å². The molecule has 0 aromatic heterocycles. The summed E-state index contributed by atoms with van der Waals surface area (Å²) in [4.78, 5) is 0. The van der Waals surface area contributed by atoms with Crippen molar-refractivity contribution in [2.75, 3.05) is 32.8 Å². The van der Waals surface area contributed by atoms with Crippen LogP contribution in [0.4, 0.5) is 0 Å². The number of methoxy groups -OCH3 is 2. The Balaban J connectivity index is 2.31. The molecule has 0 unspecified atom stereocenters. The lowest BCUT2D eigenvalue weighted by Gasteiger charge is -2.11. The predicted octanol–water partition coefficient (Wildman–Crippen LogP) is 3.33. The molecule has 4 heteroatoms. The molecule has 1 N–H and O–H groups in total. The first kappa shape index (κ1) is 16.2. The number of benzene rings is 1. The SMILES string of the molecule is COc1ccc(OC)c(CNCCCCCSC)c1. The number of nitrogens with one attached hydrogen (secondary N) is 1. The highest BCUT2D eigenvalue weighted by Crippen LogP contribution is 2.23. The van der Waals surface area contributed by atoms with E-state index in [4.69, 9.17) is 9.47 Å². The van der Waals surface area contributed by atoms with Crippen LogP contribution in [0.3, 0.4) is 0 Å². The first-order valence-electron chi connectivity index (χ1n) is 6.72. The first-order valence-corrected chi connectivity index (χ1v) is 8.11. The Bertz CT molecular complexity index is 358. The van der Waals surface area contributed by atoms with Crippen LogP contribution < -0.4 is 14.8 Å². The van der Waals surface area contributed by atoms with Crippen molar-refractivity contribution in [3.05, 3.63) is 23.8 Å². The van der Waals surface area contributed by atoms with Gasteiger partial charge in [-0.25, -0.2) is 0 Å². The smallest absolute Gasteiger partial charge is 0.123 e. The van der Waals surface area contributed by atoms with E-state index in [1.165, 1.54) is 25.0 Å². The third-order valence-electron chi connectivity index (χ3n) is 3.01. The molecule has 108 valence electrons. The molecular weight excluding hydrogens is 258 g/mol. The fraction of sp³-hybridized carbons (Fsp3) is 0.600. The summed E-state index contributed by atoms with van der Waals surface area (Å²) in [6.45, 7) is 1.87. The van der Waals surface area contributed by atoms with Gasteiger partial charge in [0.2, 0.25) is 0 Å². The van der Waals surface area contributed by atoms with E-state index in [2.05, 4.69) is 11.6 Å². The van der Waals surface area contributed by atoms with Crippen LogP contribution in [0.1, 0.15) is 24.8 Å². The molecular formula is C15H25NO2S. The van der Waals surface area contributed by atoms with E-state index in [0.29, 0.717) is 0 Å². The summed E-state index contributed by atoms with van der Waals surface area (Å²) in [7, 11) is 3.39. The van der Waals surface area contributed by atoms with E-state index in [1.807, 2.05) is 30.0 Å². The second kappa shape index (κ2) is 9.98. The van der Waals surface area contributed by atoms with E-state index in [9.17, 15) is 0 Å². The monoisotopic (exact) mass is 283 g/mol. The molecule has 0 heterocycles. The summed E-state index contributed by atoms with van der Waals surface area (Å²) in [6.07, 6.45) is 5.99. The van der Waals surface area contributed by atoms with Gasteiger partial charge in [0.1, 0.15) is 11.5 Å². The van der Waals surface area contributed by atoms with Gasteiger partial charge < -0.3 is 14.8 Å². The average Bonchev–Trinajstić information content (AvgIpc) is 2.46. The van der Waals surface area contributed by atoms with Crippen LogP contribution in [0.15, 0.2) is 18.2 Å². The summed E-state index contributed by atoms with van der Waals surface area (Å²) in [5.74, 6) is 3.05. The van der Waals surface area contributed by atoms with Gasteiger partial charge in [0, 0.05) is 12.1 Å². The molecule has 0 aliphatic rings. The Labute approximate surface area is 121 Å². The van der Waals surface area contributed by atoms with Gasteiger partial charge in [-0.1, -0.05) is 6.42 Å². The van der Waals surface area contributed by atoms with Crippen LogP contribution >= 0.6 is 11.8 Å². The standard InChI is InChI=1S/C15H25NO2S/c1-17-14-7-8-15(18-2)13(11-14)12-16-9-5-4-6-10-19-3/h7-8,11,16H,4-6,9-10,12H2,1-3H3. The Morgan fingerprint density at radius 2 is 1.95 bits per heavy atom. The Morgan fingerprint density at radius 1 is 1.11 bits per heavy atom. The van der Waals surface area contributed by atoms with Crippen LogP contribution in [-0.2, 0) is 6.54 Å². The van der Waals surface area contributed by atoms with E-state index in [1.54, 1.807) is 14.2 Å². The maximum Gasteiger partial charge on any atom is 0.123 e. The normalized spacial score (nSPS) is 10.5. The molecule has 0 aliphatic carbocycles. The van der Waals surface area contributed by atoms with Crippen molar-refractivity contribution in [3.8, 4) is 11.5 Å². The van der Waals surface area contributed by atoms with Crippen LogP contribution in [0.2, 0.25) is 0 Å². The summed E-state index contributed by atoms with van der Waals surface area (Å²) in [5.41, 5.74) is 1.14. The molecule has 1 aromatic rings. The molecule has 1 rings (SSSR count). The minimum absolute atomic E-state index is 0.822. The number of hydrogen-bond acceptors (Lipinski definition) is 4. The molecule has 0 fully saturated rings. The quantitative estimate of drug-likeness (QED) is 0.667. The van der Waals surface area contributed by atoms with E-state index in [-0.39, 0.29) is 0 Å². The van der Waals surface area contributed by atoms with Crippen molar-refractivity contribution in [3.63, 3.8) is 0 Å². The minimum atomic E-state index is 0.822. The second-order valence-corrected chi connectivity index (χ2v) is 5.39. The molecule has 3 nitrogen and oxygen atoms in total. The maximum absolute atomic E-state index is 5.36. The number of unbranched alkanes of at least 4 members (excludes halogenated alkanes) is 2. The van der Waals surface area contributed by atoms with Crippen LogP contribution in [0.5, 0.6) is 11.5 Å². The molecule has 0 atom stereocenters. The molecule has 0 saturated carbocycles. The van der Waals surface area contributed by atoms with Gasteiger partial charge >= 0.3 is 0 Å². The molecule has 1 aromatic carbocycles. The van der Waals surface area contributed by atoms with Crippen molar-refractivity contribution in [1.82, 2.24) is 5.32 Å². The maximum atomic E-state index is 5.36. The Hall–Kier alpha value is -0.870. The van der Waals surface area contributed by atoms with Crippen LogP contribution in [-0.4, -0.2) is 32.8 Å². The Morgan fingerprint density at radius 3 is 2.63 bits per heavy atom. The molecule has 0 radical (unpaired) electrons. The number of hydrogen-bond donors (Lipinski definition) is 1. The predicted molar refractivity (Wildman–Crippen MR) is 83.5 cm³/mol. The number of thioether (sulfide) groups is 1. The molecule has 0 bridgehead atoms. The van der Waals surface area contributed by atoms with Crippen molar-refractivity contribution < 1.29 is 9.47 Å². The summed E-state index contributed by atoms with van der Waals surface area (Å²) in [6, 6.07) is 5.90. The van der Waals surface area contributed by atoms with Crippen molar-refractivity contribution in [2.24, 2.45) is 0 Å². The highest BCUT2D eigenvalue weighted by molar-refractivity contribution is 7.98. The zero-order chi connectivity index (χ0) is 13.9. The third kappa shape index (κ3) is 6.21. The van der Waals surface area contributed by atoms with Gasteiger partial charge in [-0.3, -0.25) is 0 Å². The molecule has 0 spiro atoms. The largest absolute Gasteiger partial charge is 0.497 e. The van der Waals surface area contributed by atoms with Crippen molar-refractivity contribution in [1.29, 1.82) is 0 Å². The third-order valence-corrected chi connectivity index (χ3v) is 3.70. The molecule has 0 saturated heterocycles. The van der Waals surface area contributed by atoms with Crippen LogP contribution in [0.25, 0.3) is 0 Å². The average molecular weight is 283 g/mol. The Kier molecular flexibility index (Phi) is 8.50. The topological polar surface area (TPSA) is 30.5 Å². The number of ether oxygens (including phenoxy) is 2. The lowest BCUT2D eigenvalue weighted by atomic mass is 10.2. The van der Waals surface area contributed by atoms with Crippen molar-refractivity contribution in [2.45, 2.75) is 25.8 Å². The lowest BCUT2D eigenvalue weighted by molar-refractivity contribution is 0.397. The molecule has 19 heavy (non-hydrogen) atoms. The fourth-order valence-electron chi connectivity index (χ4n) is 1.92. The first-order chi connectivity index (χ1) is 9.31. The lowest BCUT2D eigenvalue weighted by Crippen LogP contribution is -2.15. The summed E-state index contributed by atoms with van der Waals surface area (Å²) in [5, 5.41) is 3.46. The van der Waals surface area contributed by atoms with Gasteiger partial charge in [0.25, 0.3) is 0 Å². The zero-order valence-electron chi connectivity index (χ0n) is 12.2. The van der Waals surface area contributed by atoms with E-state index in [0.717, 1.165) is 30.2 Å². The second-order valence-electron chi connectivity index (χ2n) is 4.41. The van der Waals surface area contributed by atoms with Gasteiger partial charge in [-0.15, -0.1) is 0 Å². The minimum Gasteiger partial charge on any atom is -0.497 e. The summed E-state index contributed by atoms with van der Waals surface area (Å²) >= 11 is 1.92. The fourth-order valence-corrected chi connectivity index (χ4v) is 2.41. The molecule has 0 amide bonds. The van der Waals surface area contributed by atoms with Gasteiger partial charge in [0.05, 0.1) is 14.2 Å². The highest BCUT2D eigenvalue weighted by atomic mass is 32.2. The zero-order valence-corrected chi connectivity index (χ0v) is 13.0. The summed E-state index contributed by atoms with van der Waals surface area (Å²) < 4.78 is 10.6. The molecule has 0 aliphatic heterocycles. The van der Waals surface area contributed by atoms with Gasteiger partial charge in [-0.05, 0) is 49.6 Å². The van der Waals surface area contributed by atoms with Crippen LogP contribution in [0, 0.1) is 0 Å². The van der Waals surface area contributed by atoms with Crippen molar-refractivity contribution >= 4 is 11.8 Å². The van der Waals surface area contributed by atoms with Gasteiger partial charge in [0.15, 0.2) is 0 Å². The number of rotatable bonds is 10.